The number of likely N-dealkylation sites (tertiary alicyclic amines) is 1. The molecule has 2 aromatic rings. The number of nitrogens with zero attached hydrogens (tertiary/aromatic N) is 3. The number of benzene rings is 2. The lowest BCUT2D eigenvalue weighted by Crippen LogP contribution is -2.58. The molecule has 1 spiro atoms. The number of fused-ring (bicyclic) bond motifs is 2. The highest BCUT2D eigenvalue weighted by molar-refractivity contribution is 8.02. The van der Waals surface area contributed by atoms with Crippen LogP contribution in [0.15, 0.2) is 85.0 Å². The summed E-state index contributed by atoms with van der Waals surface area (Å²) in [5.41, 5.74) is 1.07. The van der Waals surface area contributed by atoms with E-state index < -0.39 is 34.2 Å². The number of rotatable bonds is 4. The van der Waals surface area contributed by atoms with E-state index in [9.17, 15) is 19.5 Å². The van der Waals surface area contributed by atoms with Gasteiger partial charge in [0, 0.05) is 29.6 Å². The topological polar surface area (TPSA) is 81.2 Å². The van der Waals surface area contributed by atoms with Crippen molar-refractivity contribution in [2.75, 3.05) is 24.6 Å². The highest BCUT2D eigenvalue weighted by atomic mass is 32.2. The first-order valence-electron chi connectivity index (χ1n) is 13.9. The first-order valence-corrected chi connectivity index (χ1v) is 14.7. The van der Waals surface area contributed by atoms with E-state index in [1.54, 1.807) is 21.6 Å². The highest BCUT2D eigenvalue weighted by Crippen LogP contribution is 2.62. The fourth-order valence-electron chi connectivity index (χ4n) is 6.89. The van der Waals surface area contributed by atoms with E-state index in [1.165, 1.54) is 0 Å². The molecule has 2 saturated heterocycles. The van der Waals surface area contributed by atoms with Gasteiger partial charge in [0.2, 0.25) is 17.7 Å². The minimum atomic E-state index is -0.939. The molecule has 6 rings (SSSR count). The SMILES string of the molecule is CC(C)(C)N1CC=C[C@]23S[C@@H]4C=CCN(c5ccccc5)C(=O)[C@@H]4[C@H]2C(=O)N([C@H](CO)c2ccccc2)C3C1=O. The summed E-state index contributed by atoms with van der Waals surface area (Å²) in [5, 5.41) is 10.4. The Hall–Kier alpha value is -3.36. The molecule has 0 radical (unpaired) electrons. The predicted octanol–water partition coefficient (Wildman–Crippen LogP) is 3.82. The van der Waals surface area contributed by atoms with Gasteiger partial charge in [-0.1, -0.05) is 72.8 Å². The monoisotopic (exact) mass is 557 g/mol. The molecule has 40 heavy (non-hydrogen) atoms. The molecule has 0 aliphatic carbocycles. The molecule has 2 fully saturated rings. The Morgan fingerprint density at radius 1 is 0.925 bits per heavy atom. The summed E-state index contributed by atoms with van der Waals surface area (Å²) in [6, 6.07) is 17.3. The van der Waals surface area contributed by atoms with Gasteiger partial charge in [0.15, 0.2) is 0 Å². The molecule has 2 aromatic carbocycles. The Balaban J connectivity index is 1.51. The second kappa shape index (κ2) is 9.93. The summed E-state index contributed by atoms with van der Waals surface area (Å²) in [7, 11) is 0. The van der Waals surface area contributed by atoms with Crippen molar-refractivity contribution in [1.82, 2.24) is 9.80 Å². The number of hydrogen-bond donors (Lipinski definition) is 1. The maximum Gasteiger partial charge on any atom is 0.247 e. The quantitative estimate of drug-likeness (QED) is 0.579. The standard InChI is InChI=1S/C32H35N3O4S/c1-31(2,3)34-19-11-17-32-26(25-24(40-32)16-10-18-33(28(25)37)22-14-8-5-9-15-22)29(38)35(27(32)30(34)39)23(20-36)21-12-6-4-7-13-21/h4-17,23-27,36H,18-20H2,1-3H3/t23-,24-,25+,26+,27?,32+/m1/s1. The molecule has 0 aromatic heterocycles. The molecule has 3 amide bonds. The van der Waals surface area contributed by atoms with E-state index in [2.05, 4.69) is 0 Å². The van der Waals surface area contributed by atoms with Gasteiger partial charge in [0.1, 0.15) is 6.04 Å². The van der Waals surface area contributed by atoms with Crippen LogP contribution in [0.5, 0.6) is 0 Å². The van der Waals surface area contributed by atoms with Crippen molar-refractivity contribution in [3.63, 3.8) is 0 Å². The third kappa shape index (κ3) is 4.03. The van der Waals surface area contributed by atoms with Gasteiger partial charge in [-0.05, 0) is 38.5 Å². The van der Waals surface area contributed by atoms with Crippen LogP contribution in [-0.4, -0.2) is 73.9 Å². The smallest absolute Gasteiger partial charge is 0.247 e. The fraction of sp³-hybridized carbons (Fsp3) is 0.406. The Morgan fingerprint density at radius 2 is 1.60 bits per heavy atom. The second-order valence-corrected chi connectivity index (χ2v) is 13.4. The molecule has 0 bridgehead atoms. The van der Waals surface area contributed by atoms with E-state index in [-0.39, 0.29) is 29.6 Å². The first-order chi connectivity index (χ1) is 19.2. The lowest BCUT2D eigenvalue weighted by molar-refractivity contribution is -0.148. The molecule has 1 N–H and O–H groups in total. The van der Waals surface area contributed by atoms with Crippen LogP contribution in [0, 0.1) is 11.8 Å². The van der Waals surface area contributed by atoms with Gasteiger partial charge in [-0.3, -0.25) is 14.4 Å². The van der Waals surface area contributed by atoms with Crippen LogP contribution < -0.4 is 4.90 Å². The van der Waals surface area contributed by atoms with Crippen LogP contribution in [0.2, 0.25) is 0 Å². The van der Waals surface area contributed by atoms with Crippen LogP contribution in [0.4, 0.5) is 5.69 Å². The summed E-state index contributed by atoms with van der Waals surface area (Å²) in [5.74, 6) is -1.89. The second-order valence-electron chi connectivity index (χ2n) is 11.9. The van der Waals surface area contributed by atoms with E-state index in [0.29, 0.717) is 13.1 Å². The van der Waals surface area contributed by atoms with Gasteiger partial charge in [-0.15, -0.1) is 11.8 Å². The number of thioether (sulfide) groups is 1. The lowest BCUT2D eigenvalue weighted by Gasteiger charge is -2.42. The van der Waals surface area contributed by atoms with E-state index in [0.717, 1.165) is 11.3 Å². The Bertz CT molecular complexity index is 1370. The first kappa shape index (κ1) is 26.8. The number of hydrogen-bond acceptors (Lipinski definition) is 5. The van der Waals surface area contributed by atoms with Crippen molar-refractivity contribution in [2.24, 2.45) is 11.8 Å². The Morgan fingerprint density at radius 3 is 2.25 bits per heavy atom. The van der Waals surface area contributed by atoms with Gasteiger partial charge < -0.3 is 19.8 Å². The summed E-state index contributed by atoms with van der Waals surface area (Å²) >= 11 is 1.56. The maximum atomic E-state index is 14.7. The summed E-state index contributed by atoms with van der Waals surface area (Å²) in [6.45, 7) is 6.49. The zero-order valence-corrected chi connectivity index (χ0v) is 23.8. The minimum absolute atomic E-state index is 0.109. The van der Waals surface area contributed by atoms with Gasteiger partial charge >= 0.3 is 0 Å². The number of aliphatic hydroxyl groups is 1. The van der Waals surface area contributed by atoms with Crippen molar-refractivity contribution < 1.29 is 19.5 Å². The normalized spacial score (nSPS) is 30.6. The maximum absolute atomic E-state index is 14.7. The third-order valence-corrected chi connectivity index (χ3v) is 10.4. The number of carbonyl (C=O) groups is 3. The average molecular weight is 558 g/mol. The third-order valence-electron chi connectivity index (χ3n) is 8.67. The van der Waals surface area contributed by atoms with Gasteiger partial charge in [0.05, 0.1) is 29.2 Å². The number of amides is 3. The van der Waals surface area contributed by atoms with Crippen molar-refractivity contribution in [3.05, 3.63) is 90.5 Å². The number of para-hydroxylation sites is 1. The molecule has 8 heteroatoms. The van der Waals surface area contributed by atoms with E-state index >= 15 is 0 Å². The van der Waals surface area contributed by atoms with Gasteiger partial charge in [0.25, 0.3) is 0 Å². The summed E-state index contributed by atoms with van der Waals surface area (Å²) < 4.78 is -0.939. The molecule has 4 aliphatic heterocycles. The van der Waals surface area contributed by atoms with Crippen molar-refractivity contribution >= 4 is 35.2 Å². The molecule has 4 aliphatic rings. The number of carbonyl (C=O) groups excluding carboxylic acids is 3. The van der Waals surface area contributed by atoms with Gasteiger partial charge in [-0.2, -0.15) is 0 Å². The molecule has 4 heterocycles. The minimum Gasteiger partial charge on any atom is -0.394 e. The van der Waals surface area contributed by atoms with Crippen molar-refractivity contribution in [1.29, 1.82) is 0 Å². The van der Waals surface area contributed by atoms with Crippen molar-refractivity contribution in [3.8, 4) is 0 Å². The lowest BCUT2D eigenvalue weighted by atomic mass is 9.78. The zero-order valence-electron chi connectivity index (χ0n) is 23.0. The predicted molar refractivity (Wildman–Crippen MR) is 157 cm³/mol. The van der Waals surface area contributed by atoms with Crippen LogP contribution in [0.1, 0.15) is 32.4 Å². The molecule has 6 atom stereocenters. The van der Waals surface area contributed by atoms with Crippen LogP contribution in [0.25, 0.3) is 0 Å². The van der Waals surface area contributed by atoms with Crippen LogP contribution in [-0.2, 0) is 14.4 Å². The largest absolute Gasteiger partial charge is 0.394 e. The summed E-state index contributed by atoms with van der Waals surface area (Å²) in [6.07, 6.45) is 8.06. The van der Waals surface area contributed by atoms with Crippen molar-refractivity contribution in [2.45, 2.75) is 48.4 Å². The molecular weight excluding hydrogens is 522 g/mol. The number of aliphatic hydroxyl groups excluding tert-OH is 1. The number of anilines is 1. The van der Waals surface area contributed by atoms with Gasteiger partial charge in [-0.25, -0.2) is 0 Å². The fourth-order valence-corrected chi connectivity index (χ4v) is 8.88. The molecular formula is C32H35N3O4S. The highest BCUT2D eigenvalue weighted by Gasteiger charge is 2.72. The summed E-state index contributed by atoms with van der Waals surface area (Å²) in [4.78, 5) is 48.7. The van der Waals surface area contributed by atoms with E-state index in [4.69, 9.17) is 0 Å². The molecule has 1 unspecified atom stereocenters. The Kier molecular flexibility index (Phi) is 6.66. The average Bonchev–Trinajstić information content (AvgIpc) is 3.24. The van der Waals surface area contributed by atoms with E-state index in [1.807, 2.05) is 111 Å². The molecule has 208 valence electrons. The molecule has 0 saturated carbocycles. The molecule has 7 nitrogen and oxygen atoms in total. The van der Waals surface area contributed by atoms with Crippen LogP contribution >= 0.6 is 11.8 Å². The Labute approximate surface area is 239 Å². The van der Waals surface area contributed by atoms with Crippen LogP contribution in [0.3, 0.4) is 0 Å². The zero-order chi connectivity index (χ0) is 28.2.